The molecule has 0 spiro atoms. The average molecular weight is 235 g/mol. The summed E-state index contributed by atoms with van der Waals surface area (Å²) < 4.78 is 5.04. The fourth-order valence-electron chi connectivity index (χ4n) is 1.76. The Bertz CT molecular complexity index is 409. The van der Waals surface area contributed by atoms with Crippen molar-refractivity contribution in [3.63, 3.8) is 0 Å². The van der Waals surface area contributed by atoms with Crippen molar-refractivity contribution in [2.75, 3.05) is 26.4 Å². The van der Waals surface area contributed by atoms with Gasteiger partial charge in [0.05, 0.1) is 13.2 Å². The van der Waals surface area contributed by atoms with Crippen LogP contribution in [-0.4, -0.2) is 43.3 Å². The van der Waals surface area contributed by atoms with Crippen molar-refractivity contribution >= 4 is 11.8 Å². The van der Waals surface area contributed by atoms with Gasteiger partial charge >= 0.3 is 11.8 Å². The summed E-state index contributed by atoms with van der Waals surface area (Å²) in [6.45, 7) is 0.601. The number of rotatable bonds is 5. The van der Waals surface area contributed by atoms with Gasteiger partial charge in [0.1, 0.15) is 17.7 Å². The Hall–Kier alpha value is -1.56. The minimum absolute atomic E-state index is 0.0673. The van der Waals surface area contributed by atoms with Gasteiger partial charge in [0.2, 0.25) is 0 Å². The first-order valence-electron chi connectivity index (χ1n) is 5.39. The van der Waals surface area contributed by atoms with Gasteiger partial charge in [-0.15, -0.1) is 0 Å². The van der Waals surface area contributed by atoms with Crippen LogP contribution in [0, 0.1) is 0 Å². The lowest BCUT2D eigenvalue weighted by atomic mass is 10.1. The molecule has 0 atom stereocenters. The highest BCUT2D eigenvalue weighted by Gasteiger charge is 2.46. The Kier molecular flexibility index (Phi) is 3.63. The molecular weight excluding hydrogens is 222 g/mol. The number of carbonyl (C=O) groups excluding carboxylic acids is 2. The molecule has 1 aromatic carbocycles. The minimum atomic E-state index is -0.279. The van der Waals surface area contributed by atoms with Crippen molar-refractivity contribution in [2.24, 2.45) is 0 Å². The predicted octanol–water partition coefficient (Wildman–Crippen LogP) is 0.130. The smallest absolute Gasteiger partial charge is 0.394 e. The number of aliphatic hydroxyl groups excluding tert-OH is 1. The normalized spacial score (nSPS) is 15.4. The molecule has 2 amide bonds. The molecule has 0 aliphatic carbocycles. The van der Waals surface area contributed by atoms with E-state index in [0.29, 0.717) is 11.1 Å². The topological polar surface area (TPSA) is 69.5 Å². The van der Waals surface area contributed by atoms with Crippen molar-refractivity contribution < 1.29 is 19.4 Å². The number of benzene rings is 1. The van der Waals surface area contributed by atoms with E-state index in [1.54, 1.807) is 24.3 Å². The van der Waals surface area contributed by atoms with E-state index in [9.17, 15) is 9.59 Å². The SMILES string of the molecule is O=C1c2ccccc2C(=O)[N+]1CCOCCO. The molecule has 1 aliphatic heterocycles. The number of hydrogen-bond donors (Lipinski definition) is 1. The molecule has 0 unspecified atom stereocenters. The van der Waals surface area contributed by atoms with Crippen LogP contribution in [0.15, 0.2) is 24.3 Å². The molecule has 0 fully saturated rings. The Balaban J connectivity index is 2.03. The molecule has 0 bridgehead atoms. The molecule has 2 rings (SSSR count). The quantitative estimate of drug-likeness (QED) is 0.447. The van der Waals surface area contributed by atoms with Crippen molar-refractivity contribution in [2.45, 2.75) is 0 Å². The third-order valence-corrected chi connectivity index (χ3v) is 2.57. The van der Waals surface area contributed by atoms with Crippen molar-refractivity contribution in [3.05, 3.63) is 35.4 Å². The fraction of sp³-hybridized carbons (Fsp3) is 0.333. The lowest BCUT2D eigenvalue weighted by Crippen LogP contribution is -2.39. The van der Waals surface area contributed by atoms with Gasteiger partial charge in [-0.1, -0.05) is 12.1 Å². The maximum atomic E-state index is 11.9. The van der Waals surface area contributed by atoms with Crippen molar-refractivity contribution in [3.8, 4) is 0 Å². The van der Waals surface area contributed by atoms with Crippen LogP contribution in [0.4, 0.5) is 0 Å². The molecule has 5 heteroatoms. The molecule has 0 aromatic heterocycles. The van der Waals surface area contributed by atoms with Gasteiger partial charge in [0.25, 0.3) is 0 Å². The monoisotopic (exact) mass is 235 g/mol. The number of fused-ring (bicyclic) bond motifs is 1. The highest BCUT2D eigenvalue weighted by Crippen LogP contribution is 2.19. The fourth-order valence-corrected chi connectivity index (χ4v) is 1.76. The van der Waals surface area contributed by atoms with Crippen LogP contribution < -0.4 is 4.90 Å². The second kappa shape index (κ2) is 5.18. The molecule has 1 radical (unpaired) electrons. The molecule has 89 valence electrons. The first kappa shape index (κ1) is 11.9. The first-order chi connectivity index (χ1) is 8.25. The Morgan fingerprint density at radius 2 is 1.65 bits per heavy atom. The van der Waals surface area contributed by atoms with E-state index >= 15 is 0 Å². The average Bonchev–Trinajstić information content (AvgIpc) is 2.60. The summed E-state index contributed by atoms with van der Waals surface area (Å²) in [5, 5.41) is 8.53. The van der Waals surface area contributed by atoms with Gasteiger partial charge in [0.15, 0.2) is 6.54 Å². The number of ether oxygens (including phenoxy) is 1. The van der Waals surface area contributed by atoms with E-state index in [-0.39, 0.29) is 38.2 Å². The number of nitrogens with zero attached hydrogens (tertiary/aromatic N) is 1. The molecule has 0 saturated heterocycles. The predicted molar refractivity (Wildman–Crippen MR) is 60.0 cm³/mol. The zero-order valence-corrected chi connectivity index (χ0v) is 9.26. The van der Waals surface area contributed by atoms with Crippen LogP contribution in [0.1, 0.15) is 20.7 Å². The van der Waals surface area contributed by atoms with E-state index in [2.05, 4.69) is 0 Å². The molecule has 1 aromatic rings. The number of imide groups is 1. The Morgan fingerprint density at radius 3 is 2.18 bits per heavy atom. The summed E-state index contributed by atoms with van der Waals surface area (Å²) in [4.78, 5) is 24.9. The van der Waals surface area contributed by atoms with Crippen LogP contribution in [0.2, 0.25) is 0 Å². The maximum Gasteiger partial charge on any atom is 0.402 e. The lowest BCUT2D eigenvalue weighted by molar-refractivity contribution is 0.0649. The summed E-state index contributed by atoms with van der Waals surface area (Å²) in [6, 6.07) is 6.75. The molecule has 1 aliphatic rings. The second-order valence-corrected chi connectivity index (χ2v) is 3.64. The van der Waals surface area contributed by atoms with E-state index in [1.807, 2.05) is 0 Å². The first-order valence-corrected chi connectivity index (χ1v) is 5.39. The molecule has 0 saturated carbocycles. The third-order valence-electron chi connectivity index (χ3n) is 2.57. The standard InChI is InChI=1S/C12H13NO4/c14-6-8-17-7-5-13-11(15)9-3-1-2-4-10(9)12(13)16/h1-4,14H,5-8H2/q+1. The highest BCUT2D eigenvalue weighted by molar-refractivity contribution is 6.23. The summed E-state index contributed by atoms with van der Waals surface area (Å²) in [6.07, 6.45) is 0. The molecule has 17 heavy (non-hydrogen) atoms. The van der Waals surface area contributed by atoms with Gasteiger partial charge < -0.3 is 9.84 Å². The van der Waals surface area contributed by atoms with E-state index in [1.165, 1.54) is 4.90 Å². The zero-order chi connectivity index (χ0) is 12.3. The highest BCUT2D eigenvalue weighted by atomic mass is 16.5. The minimum Gasteiger partial charge on any atom is -0.394 e. The summed E-state index contributed by atoms with van der Waals surface area (Å²) in [5.41, 5.74) is 0.888. The summed E-state index contributed by atoms with van der Waals surface area (Å²) in [5.74, 6) is -0.559. The van der Waals surface area contributed by atoms with Crippen LogP contribution >= 0.6 is 0 Å². The largest absolute Gasteiger partial charge is 0.402 e. The molecular formula is C12H13NO4+. The Labute approximate surface area is 98.6 Å². The van der Waals surface area contributed by atoms with E-state index in [4.69, 9.17) is 9.84 Å². The third kappa shape index (κ3) is 2.26. The van der Waals surface area contributed by atoms with E-state index in [0.717, 1.165) is 0 Å². The number of hydrogen-bond acceptors (Lipinski definition) is 4. The summed E-state index contributed by atoms with van der Waals surface area (Å²) in [7, 11) is 0. The van der Waals surface area contributed by atoms with Crippen molar-refractivity contribution in [1.29, 1.82) is 0 Å². The maximum absolute atomic E-state index is 11.9. The van der Waals surface area contributed by atoms with Gasteiger partial charge in [-0.2, -0.15) is 0 Å². The Morgan fingerprint density at radius 1 is 1.06 bits per heavy atom. The van der Waals surface area contributed by atoms with Gasteiger partial charge in [0, 0.05) is 0 Å². The van der Waals surface area contributed by atoms with Crippen LogP contribution in [0.25, 0.3) is 0 Å². The van der Waals surface area contributed by atoms with Gasteiger partial charge in [-0.05, 0) is 17.0 Å². The van der Waals surface area contributed by atoms with Gasteiger partial charge in [-0.25, -0.2) is 9.59 Å². The van der Waals surface area contributed by atoms with Crippen LogP contribution in [0.5, 0.6) is 0 Å². The second-order valence-electron chi connectivity index (χ2n) is 3.64. The van der Waals surface area contributed by atoms with Crippen LogP contribution in [0.3, 0.4) is 0 Å². The lowest BCUT2D eigenvalue weighted by Gasteiger charge is -2.01. The number of carbonyl (C=O) groups is 2. The number of aliphatic hydroxyl groups is 1. The molecule has 1 heterocycles. The zero-order valence-electron chi connectivity index (χ0n) is 9.26. The molecule has 1 N–H and O–H groups in total. The van der Waals surface area contributed by atoms with E-state index < -0.39 is 0 Å². The molecule has 5 nitrogen and oxygen atoms in total. The van der Waals surface area contributed by atoms with Crippen molar-refractivity contribution in [1.82, 2.24) is 4.90 Å². The van der Waals surface area contributed by atoms with Gasteiger partial charge in [-0.3, -0.25) is 0 Å². The summed E-state index contributed by atoms with van der Waals surface area (Å²) >= 11 is 0. The van der Waals surface area contributed by atoms with Crippen LogP contribution in [-0.2, 0) is 4.74 Å². The number of amides is 2.